The number of aromatic nitrogens is 2. The predicted molar refractivity (Wildman–Crippen MR) is 54.3 cm³/mol. The highest BCUT2D eigenvalue weighted by atomic mass is 16.1. The summed E-state index contributed by atoms with van der Waals surface area (Å²) in [6, 6.07) is 0. The number of nitrogens with two attached hydrogens (primary N) is 1. The second kappa shape index (κ2) is 3.53. The van der Waals surface area contributed by atoms with E-state index >= 15 is 0 Å². The molecule has 76 valence electrons. The molecule has 4 heteroatoms. The van der Waals surface area contributed by atoms with Crippen molar-refractivity contribution in [1.82, 2.24) is 9.97 Å². The Morgan fingerprint density at radius 1 is 1.64 bits per heavy atom. The molecule has 0 aromatic carbocycles. The second-order valence-corrected chi connectivity index (χ2v) is 3.84. The van der Waals surface area contributed by atoms with Crippen molar-refractivity contribution in [2.24, 2.45) is 5.73 Å². The summed E-state index contributed by atoms with van der Waals surface area (Å²) < 4.78 is 0. The molecule has 0 bridgehead atoms. The van der Waals surface area contributed by atoms with Gasteiger partial charge >= 0.3 is 0 Å². The van der Waals surface area contributed by atoms with E-state index < -0.39 is 0 Å². The Kier molecular flexibility index (Phi) is 2.37. The molecule has 4 nitrogen and oxygen atoms in total. The number of nitrogens with one attached hydrogen (secondary N) is 1. The zero-order valence-electron chi connectivity index (χ0n) is 8.34. The average molecular weight is 193 g/mol. The van der Waals surface area contributed by atoms with Crippen LogP contribution in [0.1, 0.15) is 35.8 Å². The van der Waals surface area contributed by atoms with E-state index in [0.29, 0.717) is 12.4 Å². The number of rotatable bonds is 1. The lowest BCUT2D eigenvalue weighted by atomic mass is 9.86. The minimum Gasteiger partial charge on any atom is -0.330 e. The summed E-state index contributed by atoms with van der Waals surface area (Å²) in [6.07, 6.45) is 3.01. The second-order valence-electron chi connectivity index (χ2n) is 3.84. The van der Waals surface area contributed by atoms with Gasteiger partial charge in [0.1, 0.15) is 5.82 Å². The van der Waals surface area contributed by atoms with Crippen LogP contribution >= 0.6 is 0 Å². The van der Waals surface area contributed by atoms with Crippen LogP contribution in [0.2, 0.25) is 0 Å². The minimum absolute atomic E-state index is 0.00245. The fraction of sp³-hybridized carbons (Fsp3) is 0.600. The van der Waals surface area contributed by atoms with Crippen LogP contribution in [0.25, 0.3) is 0 Å². The molecule has 0 aliphatic heterocycles. The molecular formula is C10H15N3O. The normalized spacial score (nSPS) is 20.6. The summed E-state index contributed by atoms with van der Waals surface area (Å²) >= 11 is 0. The monoisotopic (exact) mass is 193 g/mol. The summed E-state index contributed by atoms with van der Waals surface area (Å²) in [5.74, 6) is 0.905. The van der Waals surface area contributed by atoms with E-state index in [0.717, 1.165) is 30.5 Å². The zero-order chi connectivity index (χ0) is 10.1. The first-order valence-electron chi connectivity index (χ1n) is 5.02. The van der Waals surface area contributed by atoms with E-state index in [1.807, 2.05) is 6.92 Å². The zero-order valence-corrected chi connectivity index (χ0v) is 8.34. The van der Waals surface area contributed by atoms with Crippen molar-refractivity contribution < 1.29 is 0 Å². The topological polar surface area (TPSA) is 71.8 Å². The number of H-pyrrole nitrogens is 1. The van der Waals surface area contributed by atoms with Gasteiger partial charge < -0.3 is 10.7 Å². The molecule has 1 aliphatic carbocycles. The minimum atomic E-state index is 0.00245. The summed E-state index contributed by atoms with van der Waals surface area (Å²) in [4.78, 5) is 18.8. The first kappa shape index (κ1) is 9.40. The standard InChI is InChI=1S/C10H15N3O/c1-6-12-8-4-2-3-7(5-11)9(8)10(14)13-6/h7H,2-5,11H2,1H3,(H,12,13,14). The third kappa shape index (κ3) is 1.46. The van der Waals surface area contributed by atoms with Gasteiger partial charge in [-0.05, 0) is 32.7 Å². The Hall–Kier alpha value is -1.16. The Bertz CT molecular complexity index is 397. The number of nitrogens with zero attached hydrogens (tertiary/aromatic N) is 1. The van der Waals surface area contributed by atoms with Gasteiger partial charge in [0, 0.05) is 11.5 Å². The third-order valence-corrected chi connectivity index (χ3v) is 2.81. The van der Waals surface area contributed by atoms with Gasteiger partial charge in [-0.15, -0.1) is 0 Å². The van der Waals surface area contributed by atoms with Crippen molar-refractivity contribution in [3.05, 3.63) is 27.4 Å². The molecule has 1 aliphatic rings. The molecule has 0 saturated carbocycles. The van der Waals surface area contributed by atoms with Crippen LogP contribution in [0.5, 0.6) is 0 Å². The maximum absolute atomic E-state index is 11.7. The van der Waals surface area contributed by atoms with Gasteiger partial charge in [0.15, 0.2) is 0 Å². The van der Waals surface area contributed by atoms with Crippen molar-refractivity contribution in [3.8, 4) is 0 Å². The lowest BCUT2D eigenvalue weighted by molar-refractivity contribution is 0.541. The summed E-state index contributed by atoms with van der Waals surface area (Å²) in [6.45, 7) is 2.36. The number of hydrogen-bond donors (Lipinski definition) is 2. The maximum atomic E-state index is 11.7. The molecule has 0 saturated heterocycles. The fourth-order valence-corrected chi connectivity index (χ4v) is 2.16. The molecule has 2 rings (SSSR count). The molecule has 3 N–H and O–H groups in total. The molecule has 0 spiro atoms. The Morgan fingerprint density at radius 2 is 2.43 bits per heavy atom. The highest BCUT2D eigenvalue weighted by Gasteiger charge is 2.23. The van der Waals surface area contributed by atoms with Crippen LogP contribution < -0.4 is 11.3 Å². The van der Waals surface area contributed by atoms with Crippen LogP contribution in [0.4, 0.5) is 0 Å². The summed E-state index contributed by atoms with van der Waals surface area (Å²) in [7, 11) is 0. The summed E-state index contributed by atoms with van der Waals surface area (Å²) in [5.41, 5.74) is 7.42. The van der Waals surface area contributed by atoms with E-state index in [9.17, 15) is 4.79 Å². The first-order valence-corrected chi connectivity index (χ1v) is 5.02. The highest BCUT2D eigenvalue weighted by molar-refractivity contribution is 5.25. The molecule has 1 unspecified atom stereocenters. The Morgan fingerprint density at radius 3 is 3.14 bits per heavy atom. The Labute approximate surface area is 82.6 Å². The molecule has 0 radical (unpaired) electrons. The van der Waals surface area contributed by atoms with E-state index in [1.54, 1.807) is 0 Å². The van der Waals surface area contributed by atoms with E-state index in [-0.39, 0.29) is 11.5 Å². The molecule has 1 heterocycles. The smallest absolute Gasteiger partial charge is 0.254 e. The van der Waals surface area contributed by atoms with Crippen molar-refractivity contribution in [3.63, 3.8) is 0 Å². The van der Waals surface area contributed by atoms with Gasteiger partial charge in [-0.2, -0.15) is 0 Å². The molecule has 1 aromatic rings. The molecule has 1 atom stereocenters. The van der Waals surface area contributed by atoms with Gasteiger partial charge in [0.05, 0.1) is 5.69 Å². The maximum Gasteiger partial charge on any atom is 0.254 e. The van der Waals surface area contributed by atoms with Crippen molar-refractivity contribution >= 4 is 0 Å². The van der Waals surface area contributed by atoms with Gasteiger partial charge in [0.25, 0.3) is 5.56 Å². The number of aryl methyl sites for hydroxylation is 2. The SMILES string of the molecule is Cc1nc2c(c(=O)[nH]1)C(CN)CCC2. The predicted octanol–water partition coefficient (Wildman–Crippen LogP) is 0.457. The van der Waals surface area contributed by atoms with Crippen molar-refractivity contribution in [1.29, 1.82) is 0 Å². The summed E-state index contributed by atoms with van der Waals surface area (Å²) in [5, 5.41) is 0. The highest BCUT2D eigenvalue weighted by Crippen LogP contribution is 2.26. The van der Waals surface area contributed by atoms with E-state index in [2.05, 4.69) is 9.97 Å². The first-order chi connectivity index (χ1) is 6.72. The lowest BCUT2D eigenvalue weighted by Gasteiger charge is -2.22. The number of fused-ring (bicyclic) bond motifs is 1. The van der Waals surface area contributed by atoms with Crippen LogP contribution in [0, 0.1) is 6.92 Å². The van der Waals surface area contributed by atoms with Crippen LogP contribution in [-0.4, -0.2) is 16.5 Å². The average Bonchev–Trinajstić information content (AvgIpc) is 2.16. The van der Waals surface area contributed by atoms with Crippen molar-refractivity contribution in [2.45, 2.75) is 32.1 Å². The van der Waals surface area contributed by atoms with Gasteiger partial charge in [-0.1, -0.05) is 0 Å². The largest absolute Gasteiger partial charge is 0.330 e. The van der Waals surface area contributed by atoms with Crippen molar-refractivity contribution in [2.75, 3.05) is 6.54 Å². The Balaban J connectivity index is 2.57. The lowest BCUT2D eigenvalue weighted by Crippen LogP contribution is -2.28. The molecule has 0 amide bonds. The molecule has 0 fully saturated rings. The number of aromatic amines is 1. The quantitative estimate of drug-likeness (QED) is 0.680. The van der Waals surface area contributed by atoms with E-state index in [1.165, 1.54) is 0 Å². The van der Waals surface area contributed by atoms with E-state index in [4.69, 9.17) is 5.73 Å². The molecule has 1 aromatic heterocycles. The van der Waals surface area contributed by atoms with Gasteiger partial charge in [-0.25, -0.2) is 4.98 Å². The molecule has 14 heavy (non-hydrogen) atoms. The third-order valence-electron chi connectivity index (χ3n) is 2.81. The van der Waals surface area contributed by atoms with Crippen LogP contribution in [0.3, 0.4) is 0 Å². The molecular weight excluding hydrogens is 178 g/mol. The van der Waals surface area contributed by atoms with Gasteiger partial charge in [-0.3, -0.25) is 4.79 Å². The number of hydrogen-bond acceptors (Lipinski definition) is 3. The van der Waals surface area contributed by atoms with Crippen LogP contribution in [0.15, 0.2) is 4.79 Å². The van der Waals surface area contributed by atoms with Crippen LogP contribution in [-0.2, 0) is 6.42 Å². The fourth-order valence-electron chi connectivity index (χ4n) is 2.16. The van der Waals surface area contributed by atoms with Gasteiger partial charge in [0.2, 0.25) is 0 Å².